The van der Waals surface area contributed by atoms with Gasteiger partial charge in [-0.05, 0) is 30.5 Å². The Hall–Kier alpha value is -0.660. The van der Waals surface area contributed by atoms with Crippen molar-refractivity contribution < 1.29 is 13.5 Å². The molecular formula is C13H19ClN2O3S. The van der Waals surface area contributed by atoms with Crippen LogP contribution in [-0.4, -0.2) is 38.0 Å². The number of aliphatic hydroxyl groups is 1. The van der Waals surface area contributed by atoms with Crippen LogP contribution >= 0.6 is 11.6 Å². The first-order valence-corrected chi connectivity index (χ1v) is 8.25. The predicted octanol–water partition coefficient (Wildman–Crippen LogP) is 1.38. The number of benzene rings is 1. The topological polar surface area (TPSA) is 69.6 Å². The number of rotatable bonds is 7. The molecule has 0 atom stereocenters. The van der Waals surface area contributed by atoms with Gasteiger partial charge < -0.3 is 5.11 Å². The Labute approximate surface area is 124 Å². The van der Waals surface area contributed by atoms with E-state index in [0.29, 0.717) is 5.02 Å². The summed E-state index contributed by atoms with van der Waals surface area (Å²) in [4.78, 5) is 0. The monoisotopic (exact) mass is 318 g/mol. The molecule has 1 aliphatic rings. The maximum absolute atomic E-state index is 12.1. The number of nitrogens with one attached hydrogen (secondary N) is 1. The molecule has 2 rings (SSSR count). The third-order valence-corrected chi connectivity index (χ3v) is 5.36. The van der Waals surface area contributed by atoms with Gasteiger partial charge in [0, 0.05) is 37.2 Å². The maximum Gasteiger partial charge on any atom is 0.279 e. The lowest BCUT2D eigenvalue weighted by Gasteiger charge is -2.20. The molecule has 0 unspecified atom stereocenters. The average Bonchev–Trinajstić information content (AvgIpc) is 3.20. The normalized spacial score (nSPS) is 17.4. The molecule has 112 valence electrons. The number of nitrogens with zero attached hydrogens (tertiary/aromatic N) is 1. The molecule has 7 heteroatoms. The van der Waals surface area contributed by atoms with Gasteiger partial charge in [0.05, 0.1) is 0 Å². The molecule has 2 N–H and O–H groups in total. The van der Waals surface area contributed by atoms with E-state index in [4.69, 9.17) is 11.6 Å². The fraction of sp³-hybridized carbons (Fsp3) is 0.538. The number of halogens is 1. The molecule has 0 aromatic heterocycles. The van der Waals surface area contributed by atoms with E-state index < -0.39 is 10.2 Å². The highest BCUT2D eigenvalue weighted by Gasteiger charge is 2.42. The van der Waals surface area contributed by atoms with Crippen LogP contribution in [0.4, 0.5) is 0 Å². The van der Waals surface area contributed by atoms with Crippen LogP contribution in [0.1, 0.15) is 18.4 Å². The largest absolute Gasteiger partial charge is 0.396 e. The van der Waals surface area contributed by atoms with Crippen LogP contribution in [-0.2, 0) is 16.8 Å². The van der Waals surface area contributed by atoms with E-state index in [1.165, 1.54) is 11.4 Å². The van der Waals surface area contributed by atoms with Crippen molar-refractivity contribution in [2.75, 3.05) is 20.2 Å². The molecule has 1 aliphatic carbocycles. The summed E-state index contributed by atoms with van der Waals surface area (Å²) in [7, 11) is -2.01. The fourth-order valence-corrected chi connectivity index (χ4v) is 3.01. The molecule has 1 saturated carbocycles. The fourth-order valence-electron chi connectivity index (χ4n) is 1.85. The highest BCUT2D eigenvalue weighted by atomic mass is 35.5. The van der Waals surface area contributed by atoms with Crippen LogP contribution in [0.5, 0.6) is 0 Å². The highest BCUT2D eigenvalue weighted by Crippen LogP contribution is 2.44. The minimum atomic E-state index is -3.53. The van der Waals surface area contributed by atoms with Crippen LogP contribution in [0.15, 0.2) is 24.3 Å². The molecule has 0 amide bonds. The quantitative estimate of drug-likeness (QED) is 0.798. The second-order valence-electron chi connectivity index (χ2n) is 5.37. The van der Waals surface area contributed by atoms with Gasteiger partial charge in [-0.1, -0.05) is 23.7 Å². The Morgan fingerprint density at radius 1 is 1.35 bits per heavy atom. The molecule has 0 bridgehead atoms. The molecule has 0 spiro atoms. The summed E-state index contributed by atoms with van der Waals surface area (Å²) in [5, 5.41) is 9.81. The number of hydrogen-bond donors (Lipinski definition) is 2. The van der Waals surface area contributed by atoms with Crippen LogP contribution in [0, 0.1) is 5.41 Å². The molecule has 0 heterocycles. The van der Waals surface area contributed by atoms with E-state index in [-0.39, 0.29) is 25.1 Å². The van der Waals surface area contributed by atoms with Crippen LogP contribution in [0.2, 0.25) is 5.02 Å². The summed E-state index contributed by atoms with van der Waals surface area (Å²) >= 11 is 5.79. The molecule has 0 aliphatic heterocycles. The third kappa shape index (κ3) is 3.93. The van der Waals surface area contributed by atoms with Crippen molar-refractivity contribution in [1.82, 2.24) is 9.03 Å². The van der Waals surface area contributed by atoms with Gasteiger partial charge >= 0.3 is 0 Å². The van der Waals surface area contributed by atoms with Crippen LogP contribution in [0.3, 0.4) is 0 Å². The Morgan fingerprint density at radius 2 is 1.95 bits per heavy atom. The van der Waals surface area contributed by atoms with Gasteiger partial charge in [0.25, 0.3) is 10.2 Å². The molecular weight excluding hydrogens is 300 g/mol. The first-order valence-electron chi connectivity index (χ1n) is 6.43. The third-order valence-electron chi connectivity index (χ3n) is 3.65. The zero-order chi connectivity index (χ0) is 14.8. The van der Waals surface area contributed by atoms with E-state index in [1.807, 2.05) is 0 Å². The van der Waals surface area contributed by atoms with Crippen LogP contribution in [0.25, 0.3) is 0 Å². The summed E-state index contributed by atoms with van der Waals surface area (Å²) in [6, 6.07) is 7.06. The number of aliphatic hydroxyl groups excluding tert-OH is 1. The molecule has 0 radical (unpaired) electrons. The Morgan fingerprint density at radius 3 is 2.45 bits per heavy atom. The Balaban J connectivity index is 1.93. The van der Waals surface area contributed by atoms with Gasteiger partial charge in [-0.25, -0.2) is 4.72 Å². The lowest BCUT2D eigenvalue weighted by molar-refractivity contribution is 0.212. The molecule has 1 aromatic carbocycles. The zero-order valence-electron chi connectivity index (χ0n) is 11.3. The lowest BCUT2D eigenvalue weighted by Crippen LogP contribution is -2.41. The van der Waals surface area contributed by atoms with Gasteiger partial charge in [0.15, 0.2) is 0 Å². The van der Waals surface area contributed by atoms with Crippen LogP contribution < -0.4 is 4.72 Å². The van der Waals surface area contributed by atoms with E-state index >= 15 is 0 Å². The van der Waals surface area contributed by atoms with Crippen molar-refractivity contribution in [3.63, 3.8) is 0 Å². The smallest absolute Gasteiger partial charge is 0.279 e. The first-order chi connectivity index (χ1) is 9.37. The molecule has 1 fully saturated rings. The minimum absolute atomic E-state index is 0.0242. The average molecular weight is 319 g/mol. The van der Waals surface area contributed by atoms with Crippen molar-refractivity contribution in [1.29, 1.82) is 0 Å². The molecule has 0 saturated heterocycles. The maximum atomic E-state index is 12.1. The minimum Gasteiger partial charge on any atom is -0.396 e. The summed E-state index contributed by atoms with van der Waals surface area (Å²) in [6.07, 6.45) is 1.74. The second kappa shape index (κ2) is 5.99. The predicted molar refractivity (Wildman–Crippen MR) is 78.6 cm³/mol. The van der Waals surface area contributed by atoms with Crippen molar-refractivity contribution in [3.05, 3.63) is 34.9 Å². The van der Waals surface area contributed by atoms with Gasteiger partial charge in [0.1, 0.15) is 0 Å². The van der Waals surface area contributed by atoms with E-state index in [2.05, 4.69) is 4.72 Å². The SMILES string of the molecule is CN(Cc1ccc(Cl)cc1)S(=O)(=O)NCC1(CO)CC1. The van der Waals surface area contributed by atoms with Crippen molar-refractivity contribution >= 4 is 21.8 Å². The number of hydrogen-bond acceptors (Lipinski definition) is 3. The first kappa shape index (κ1) is 15.7. The van der Waals surface area contributed by atoms with Crippen molar-refractivity contribution in [2.45, 2.75) is 19.4 Å². The molecule has 1 aromatic rings. The molecule has 5 nitrogen and oxygen atoms in total. The van der Waals surface area contributed by atoms with Gasteiger partial charge in [0.2, 0.25) is 0 Å². The van der Waals surface area contributed by atoms with Gasteiger partial charge in [-0.3, -0.25) is 0 Å². The van der Waals surface area contributed by atoms with E-state index in [1.54, 1.807) is 24.3 Å². The lowest BCUT2D eigenvalue weighted by atomic mass is 10.1. The summed E-state index contributed by atoms with van der Waals surface area (Å²) in [5.74, 6) is 0. The Kier molecular flexibility index (Phi) is 4.71. The standard InChI is InChI=1S/C13H19ClN2O3S/c1-16(8-11-2-4-12(14)5-3-11)20(18,19)15-9-13(10-17)6-7-13/h2-5,15,17H,6-10H2,1H3. The summed E-state index contributed by atoms with van der Waals surface area (Å²) in [5.41, 5.74) is 0.624. The summed E-state index contributed by atoms with van der Waals surface area (Å²) < 4.78 is 28.0. The van der Waals surface area contributed by atoms with Gasteiger partial charge in [-0.15, -0.1) is 0 Å². The highest BCUT2D eigenvalue weighted by molar-refractivity contribution is 7.87. The van der Waals surface area contributed by atoms with E-state index in [9.17, 15) is 13.5 Å². The van der Waals surface area contributed by atoms with Crippen molar-refractivity contribution in [2.24, 2.45) is 5.41 Å². The van der Waals surface area contributed by atoms with Crippen molar-refractivity contribution in [3.8, 4) is 0 Å². The van der Waals surface area contributed by atoms with Gasteiger partial charge in [-0.2, -0.15) is 12.7 Å². The zero-order valence-corrected chi connectivity index (χ0v) is 12.9. The molecule has 20 heavy (non-hydrogen) atoms. The summed E-state index contributed by atoms with van der Waals surface area (Å²) in [6.45, 7) is 0.589. The second-order valence-corrected chi connectivity index (χ2v) is 7.67. The Bertz CT molecular complexity index is 555. The van der Waals surface area contributed by atoms with E-state index in [0.717, 1.165) is 18.4 Å².